The number of rotatable bonds is 6. The van der Waals surface area contributed by atoms with Crippen LogP contribution in [-0.2, 0) is 19.6 Å². The molecule has 0 fully saturated rings. The average Bonchev–Trinajstić information content (AvgIpc) is 2.34. The maximum atomic E-state index is 11.8. The van der Waals surface area contributed by atoms with Gasteiger partial charge in [0, 0.05) is 7.11 Å². The number of hydrogen-bond acceptors (Lipinski definition) is 5. The molecule has 0 aliphatic carbocycles. The van der Waals surface area contributed by atoms with Gasteiger partial charge in [0.2, 0.25) is 0 Å². The van der Waals surface area contributed by atoms with Crippen LogP contribution in [0.4, 0.5) is 0 Å². The molecule has 0 aromatic heterocycles. The monoisotopic (exact) mass is 270 g/mol. The van der Waals surface area contributed by atoms with E-state index in [4.69, 9.17) is 14.8 Å². The second kappa shape index (κ2) is 6.47. The first-order valence-electron chi connectivity index (χ1n) is 5.14. The zero-order valence-corrected chi connectivity index (χ0v) is 11.0. The average molecular weight is 270 g/mol. The molecule has 0 atom stereocenters. The van der Waals surface area contributed by atoms with Crippen LogP contribution in [-0.4, -0.2) is 28.7 Å². The Hall–Kier alpha value is -1.46. The fraction of sp³-hybridized carbons (Fsp3) is 0.364. The van der Waals surface area contributed by atoms with Crippen molar-refractivity contribution in [3.05, 3.63) is 29.3 Å². The summed E-state index contributed by atoms with van der Waals surface area (Å²) in [5, 5.41) is 8.76. The standard InChI is InChI=1S/C11H14N2O4S/c1-9-7-11(4-3-10(9)8-12)18(14,15)13-17-6-5-16-2/h3-4,7,13H,5-6H2,1-2H3. The van der Waals surface area contributed by atoms with Gasteiger partial charge in [0.25, 0.3) is 10.0 Å². The molecule has 1 N–H and O–H groups in total. The van der Waals surface area contributed by atoms with E-state index >= 15 is 0 Å². The fourth-order valence-corrected chi connectivity index (χ4v) is 2.13. The molecule has 6 nitrogen and oxygen atoms in total. The van der Waals surface area contributed by atoms with Crippen LogP contribution in [0.15, 0.2) is 23.1 Å². The van der Waals surface area contributed by atoms with Crippen LogP contribution in [0.1, 0.15) is 11.1 Å². The summed E-state index contributed by atoms with van der Waals surface area (Å²) in [7, 11) is -2.24. The number of methoxy groups -OCH3 is 1. The molecule has 18 heavy (non-hydrogen) atoms. The van der Waals surface area contributed by atoms with Gasteiger partial charge in [-0.3, -0.25) is 4.84 Å². The number of nitriles is 1. The van der Waals surface area contributed by atoms with Gasteiger partial charge in [0.05, 0.1) is 29.7 Å². The Labute approximate surface area is 106 Å². The Kier molecular flexibility index (Phi) is 5.25. The Morgan fingerprint density at radius 3 is 2.67 bits per heavy atom. The van der Waals surface area contributed by atoms with Crippen molar-refractivity contribution in [3.8, 4) is 6.07 Å². The Bertz CT molecular complexity index is 549. The van der Waals surface area contributed by atoms with Gasteiger partial charge in [0.15, 0.2) is 0 Å². The highest BCUT2D eigenvalue weighted by Crippen LogP contribution is 2.14. The summed E-state index contributed by atoms with van der Waals surface area (Å²) in [5.41, 5.74) is 1.03. The number of aryl methyl sites for hydroxylation is 1. The van der Waals surface area contributed by atoms with E-state index in [0.717, 1.165) is 0 Å². The van der Waals surface area contributed by atoms with Crippen LogP contribution in [0.3, 0.4) is 0 Å². The summed E-state index contributed by atoms with van der Waals surface area (Å²) in [6, 6.07) is 6.20. The maximum Gasteiger partial charge on any atom is 0.262 e. The van der Waals surface area contributed by atoms with Crippen molar-refractivity contribution in [2.24, 2.45) is 0 Å². The van der Waals surface area contributed by atoms with Crippen molar-refractivity contribution in [2.75, 3.05) is 20.3 Å². The second-order valence-electron chi connectivity index (χ2n) is 3.52. The highest BCUT2D eigenvalue weighted by molar-refractivity contribution is 7.89. The van der Waals surface area contributed by atoms with E-state index in [0.29, 0.717) is 11.1 Å². The quantitative estimate of drug-likeness (QED) is 0.608. The van der Waals surface area contributed by atoms with Crippen LogP contribution in [0, 0.1) is 18.3 Å². The van der Waals surface area contributed by atoms with Crippen LogP contribution >= 0.6 is 0 Å². The molecule has 0 radical (unpaired) electrons. The molecule has 7 heteroatoms. The number of ether oxygens (including phenoxy) is 1. The van der Waals surface area contributed by atoms with Gasteiger partial charge in [-0.2, -0.15) is 5.26 Å². The van der Waals surface area contributed by atoms with Gasteiger partial charge in [-0.05, 0) is 30.7 Å². The molecule has 0 amide bonds. The second-order valence-corrected chi connectivity index (χ2v) is 5.16. The summed E-state index contributed by atoms with van der Waals surface area (Å²) in [6.45, 7) is 2.07. The molecule has 1 rings (SSSR count). The van der Waals surface area contributed by atoms with Gasteiger partial charge < -0.3 is 4.74 Å². The van der Waals surface area contributed by atoms with Crippen molar-refractivity contribution in [1.29, 1.82) is 5.26 Å². The van der Waals surface area contributed by atoms with E-state index in [1.807, 2.05) is 11.0 Å². The third-order valence-electron chi connectivity index (χ3n) is 2.19. The number of sulfonamides is 1. The summed E-state index contributed by atoms with van der Waals surface area (Å²) in [4.78, 5) is 6.80. The number of benzene rings is 1. The Balaban J connectivity index is 2.80. The molecule has 0 saturated carbocycles. The molecule has 98 valence electrons. The first-order chi connectivity index (χ1) is 8.51. The molecule has 0 unspecified atom stereocenters. The molecule has 0 bridgehead atoms. The van der Waals surface area contributed by atoms with E-state index in [1.54, 1.807) is 6.92 Å². The molecular weight excluding hydrogens is 256 g/mol. The van der Waals surface area contributed by atoms with Crippen LogP contribution in [0.25, 0.3) is 0 Å². The molecule has 0 heterocycles. The van der Waals surface area contributed by atoms with Gasteiger partial charge >= 0.3 is 0 Å². The SMILES string of the molecule is COCCONS(=O)(=O)c1ccc(C#N)c(C)c1. The molecule has 1 aromatic carbocycles. The lowest BCUT2D eigenvalue weighted by atomic mass is 10.1. The number of nitrogens with one attached hydrogen (secondary N) is 1. The molecule has 1 aromatic rings. The van der Waals surface area contributed by atoms with Crippen LogP contribution in [0.5, 0.6) is 0 Å². The minimum absolute atomic E-state index is 0.0522. The van der Waals surface area contributed by atoms with Crippen molar-refractivity contribution in [1.82, 2.24) is 4.89 Å². The number of hydrogen-bond donors (Lipinski definition) is 1. The van der Waals surface area contributed by atoms with Crippen molar-refractivity contribution in [2.45, 2.75) is 11.8 Å². The van der Waals surface area contributed by atoms with E-state index in [2.05, 4.69) is 0 Å². The van der Waals surface area contributed by atoms with Crippen LogP contribution < -0.4 is 4.89 Å². The summed E-state index contributed by atoms with van der Waals surface area (Å²) >= 11 is 0. The van der Waals surface area contributed by atoms with Gasteiger partial charge in [-0.15, -0.1) is 0 Å². The third-order valence-corrected chi connectivity index (χ3v) is 3.40. The maximum absolute atomic E-state index is 11.8. The molecule has 0 aliphatic rings. The highest BCUT2D eigenvalue weighted by Gasteiger charge is 2.15. The third kappa shape index (κ3) is 3.78. The van der Waals surface area contributed by atoms with Gasteiger partial charge in [-0.1, -0.05) is 4.89 Å². The molecule has 0 spiro atoms. The predicted molar refractivity (Wildman–Crippen MR) is 64.0 cm³/mol. The molecule has 0 aliphatic heterocycles. The topological polar surface area (TPSA) is 88.4 Å². The van der Waals surface area contributed by atoms with Crippen molar-refractivity contribution in [3.63, 3.8) is 0 Å². The predicted octanol–water partition coefficient (Wildman–Crippen LogP) is 0.723. The first-order valence-corrected chi connectivity index (χ1v) is 6.63. The van der Waals surface area contributed by atoms with Gasteiger partial charge in [-0.25, -0.2) is 8.42 Å². The highest BCUT2D eigenvalue weighted by atomic mass is 32.2. The fourth-order valence-electron chi connectivity index (χ4n) is 1.22. The van der Waals surface area contributed by atoms with E-state index in [-0.39, 0.29) is 18.1 Å². The lowest BCUT2D eigenvalue weighted by Crippen LogP contribution is -2.25. The van der Waals surface area contributed by atoms with Crippen molar-refractivity contribution < 1.29 is 18.0 Å². The Morgan fingerprint density at radius 2 is 2.11 bits per heavy atom. The smallest absolute Gasteiger partial charge is 0.262 e. The summed E-state index contributed by atoms with van der Waals surface area (Å²) in [6.07, 6.45) is 0. The largest absolute Gasteiger partial charge is 0.382 e. The number of nitrogens with zero attached hydrogens (tertiary/aromatic N) is 1. The minimum atomic E-state index is -3.73. The zero-order chi connectivity index (χ0) is 13.6. The van der Waals surface area contributed by atoms with E-state index in [9.17, 15) is 8.42 Å². The molecule has 0 saturated heterocycles. The first kappa shape index (κ1) is 14.6. The van der Waals surface area contributed by atoms with Crippen LogP contribution in [0.2, 0.25) is 0 Å². The zero-order valence-electron chi connectivity index (χ0n) is 10.1. The van der Waals surface area contributed by atoms with Gasteiger partial charge in [0.1, 0.15) is 0 Å². The summed E-state index contributed by atoms with van der Waals surface area (Å²) < 4.78 is 28.3. The molecular formula is C11H14N2O4S. The van der Waals surface area contributed by atoms with E-state index in [1.165, 1.54) is 25.3 Å². The normalized spacial score (nSPS) is 11.2. The van der Waals surface area contributed by atoms with E-state index < -0.39 is 10.0 Å². The van der Waals surface area contributed by atoms with Crippen molar-refractivity contribution >= 4 is 10.0 Å². The summed E-state index contributed by atoms with van der Waals surface area (Å²) in [5.74, 6) is 0. The Morgan fingerprint density at radius 1 is 1.39 bits per heavy atom. The lowest BCUT2D eigenvalue weighted by Gasteiger charge is -2.08. The lowest BCUT2D eigenvalue weighted by molar-refractivity contribution is 0.0438. The minimum Gasteiger partial charge on any atom is -0.382 e.